The van der Waals surface area contributed by atoms with Crippen molar-refractivity contribution in [1.82, 2.24) is 9.97 Å². The molecule has 2 aromatic carbocycles. The van der Waals surface area contributed by atoms with Crippen LogP contribution in [0.1, 0.15) is 0 Å². The number of nitro groups is 1. The average molecular weight is 299 g/mol. The molecule has 0 radical (unpaired) electrons. The molecule has 0 spiro atoms. The highest BCUT2D eigenvalue weighted by Gasteiger charge is 2.21. The minimum Gasteiger partial charge on any atom is -0.504 e. The number of rotatable bonds is 2. The van der Waals surface area contributed by atoms with Gasteiger partial charge in [0.2, 0.25) is 0 Å². The third-order valence-electron chi connectivity index (χ3n) is 3.16. The molecule has 0 unspecified atom stereocenters. The van der Waals surface area contributed by atoms with Crippen molar-refractivity contribution in [3.8, 4) is 22.9 Å². The van der Waals surface area contributed by atoms with Gasteiger partial charge in [0.05, 0.1) is 27.5 Å². The largest absolute Gasteiger partial charge is 0.504 e. The first-order valence-corrected chi connectivity index (χ1v) is 6.17. The second-order valence-electron chi connectivity index (χ2n) is 4.55. The summed E-state index contributed by atoms with van der Waals surface area (Å²) < 4.78 is 0. The van der Waals surface area contributed by atoms with Gasteiger partial charge in [-0.3, -0.25) is 14.9 Å². The van der Waals surface area contributed by atoms with Crippen LogP contribution in [0.25, 0.3) is 22.3 Å². The standard InChI is InChI=1S/C14H9N3O5/c18-11-5-8(10(17(21)22)6-12(11)19)13-15-9-4-2-1-3-7(9)14(20)16-13/h1-6,18-19H,(H,15,16,20). The molecule has 0 aliphatic carbocycles. The normalized spacial score (nSPS) is 10.7. The van der Waals surface area contributed by atoms with E-state index in [0.717, 1.165) is 12.1 Å². The van der Waals surface area contributed by atoms with Crippen molar-refractivity contribution in [2.24, 2.45) is 0 Å². The van der Waals surface area contributed by atoms with Gasteiger partial charge in [-0.25, -0.2) is 4.98 Å². The Balaban J connectivity index is 2.34. The molecule has 1 aromatic heterocycles. The smallest absolute Gasteiger partial charge is 0.284 e. The monoisotopic (exact) mass is 299 g/mol. The lowest BCUT2D eigenvalue weighted by molar-refractivity contribution is -0.384. The van der Waals surface area contributed by atoms with Gasteiger partial charge in [0.25, 0.3) is 11.2 Å². The Morgan fingerprint density at radius 2 is 1.82 bits per heavy atom. The van der Waals surface area contributed by atoms with E-state index in [1.54, 1.807) is 24.3 Å². The van der Waals surface area contributed by atoms with Gasteiger partial charge >= 0.3 is 0 Å². The Kier molecular flexibility index (Phi) is 2.99. The van der Waals surface area contributed by atoms with Crippen molar-refractivity contribution in [3.05, 3.63) is 56.9 Å². The van der Waals surface area contributed by atoms with E-state index in [1.807, 2.05) is 0 Å². The maximum atomic E-state index is 12.0. The summed E-state index contributed by atoms with van der Waals surface area (Å²) in [6.07, 6.45) is 0. The fourth-order valence-electron chi connectivity index (χ4n) is 2.12. The van der Waals surface area contributed by atoms with Crippen molar-refractivity contribution in [1.29, 1.82) is 0 Å². The van der Waals surface area contributed by atoms with Crippen molar-refractivity contribution in [3.63, 3.8) is 0 Å². The zero-order valence-electron chi connectivity index (χ0n) is 11.0. The number of hydrogen-bond donors (Lipinski definition) is 3. The molecule has 22 heavy (non-hydrogen) atoms. The highest BCUT2D eigenvalue weighted by molar-refractivity contribution is 5.81. The number of nitro benzene ring substituents is 1. The fraction of sp³-hybridized carbons (Fsp3) is 0. The molecular weight excluding hydrogens is 290 g/mol. The number of nitrogens with one attached hydrogen (secondary N) is 1. The fourth-order valence-corrected chi connectivity index (χ4v) is 2.12. The third-order valence-corrected chi connectivity index (χ3v) is 3.16. The molecule has 0 aliphatic heterocycles. The molecule has 0 saturated heterocycles. The maximum absolute atomic E-state index is 12.0. The van der Waals surface area contributed by atoms with Gasteiger partial charge in [0, 0.05) is 6.07 Å². The van der Waals surface area contributed by atoms with Crippen LogP contribution in [0.2, 0.25) is 0 Å². The first-order valence-electron chi connectivity index (χ1n) is 6.17. The number of aromatic hydroxyl groups is 2. The van der Waals surface area contributed by atoms with E-state index < -0.39 is 27.7 Å². The number of H-pyrrole nitrogens is 1. The molecule has 8 nitrogen and oxygen atoms in total. The Morgan fingerprint density at radius 3 is 2.55 bits per heavy atom. The van der Waals surface area contributed by atoms with Crippen molar-refractivity contribution < 1.29 is 15.1 Å². The summed E-state index contributed by atoms with van der Waals surface area (Å²) in [5, 5.41) is 30.4. The topological polar surface area (TPSA) is 129 Å². The highest BCUT2D eigenvalue weighted by atomic mass is 16.6. The zero-order chi connectivity index (χ0) is 15.9. The molecule has 110 valence electrons. The van der Waals surface area contributed by atoms with Crippen LogP contribution in [-0.2, 0) is 0 Å². The number of phenols is 2. The molecule has 3 N–H and O–H groups in total. The van der Waals surface area contributed by atoms with E-state index in [-0.39, 0.29) is 11.4 Å². The Bertz CT molecular complexity index is 964. The summed E-state index contributed by atoms with van der Waals surface area (Å²) in [7, 11) is 0. The van der Waals surface area contributed by atoms with Gasteiger partial charge in [0.15, 0.2) is 11.5 Å². The lowest BCUT2D eigenvalue weighted by atomic mass is 10.1. The Labute approximate surface area is 122 Å². The van der Waals surface area contributed by atoms with Gasteiger partial charge in [-0.05, 0) is 12.1 Å². The lowest BCUT2D eigenvalue weighted by Gasteiger charge is -2.06. The second-order valence-corrected chi connectivity index (χ2v) is 4.55. The minimum absolute atomic E-state index is 0.0642. The van der Waals surface area contributed by atoms with E-state index in [4.69, 9.17) is 0 Å². The van der Waals surface area contributed by atoms with Crippen LogP contribution in [-0.4, -0.2) is 25.1 Å². The first-order chi connectivity index (χ1) is 10.5. The van der Waals surface area contributed by atoms with E-state index in [1.165, 1.54) is 0 Å². The molecule has 1 heterocycles. The number of aromatic nitrogens is 2. The van der Waals surface area contributed by atoms with Gasteiger partial charge in [-0.2, -0.15) is 0 Å². The van der Waals surface area contributed by atoms with E-state index in [0.29, 0.717) is 10.9 Å². The molecule has 0 fully saturated rings. The van der Waals surface area contributed by atoms with Gasteiger partial charge in [-0.1, -0.05) is 12.1 Å². The first kappa shape index (κ1) is 13.6. The van der Waals surface area contributed by atoms with Gasteiger partial charge in [-0.15, -0.1) is 0 Å². The van der Waals surface area contributed by atoms with E-state index in [2.05, 4.69) is 9.97 Å². The third kappa shape index (κ3) is 2.12. The van der Waals surface area contributed by atoms with Crippen LogP contribution in [0.3, 0.4) is 0 Å². The molecule has 0 atom stereocenters. The van der Waals surface area contributed by atoms with Crippen molar-refractivity contribution >= 4 is 16.6 Å². The van der Waals surface area contributed by atoms with Crippen molar-refractivity contribution in [2.45, 2.75) is 0 Å². The number of fused-ring (bicyclic) bond motifs is 1. The second kappa shape index (κ2) is 4.85. The maximum Gasteiger partial charge on any atom is 0.284 e. The van der Waals surface area contributed by atoms with Crippen LogP contribution >= 0.6 is 0 Å². The van der Waals surface area contributed by atoms with Gasteiger partial charge < -0.3 is 15.2 Å². The predicted octanol–water partition coefficient (Wildman–Crippen LogP) is 1.91. The molecule has 0 saturated carbocycles. The summed E-state index contributed by atoms with van der Waals surface area (Å²) in [5.74, 6) is -1.24. The molecule has 0 aliphatic rings. The number of nitrogens with zero attached hydrogens (tertiary/aromatic N) is 2. The van der Waals surface area contributed by atoms with Crippen LogP contribution < -0.4 is 5.56 Å². The number of para-hydroxylation sites is 1. The van der Waals surface area contributed by atoms with Crippen molar-refractivity contribution in [2.75, 3.05) is 0 Å². The summed E-state index contributed by atoms with van der Waals surface area (Å²) in [4.78, 5) is 29.0. The number of hydrogen-bond acceptors (Lipinski definition) is 6. The van der Waals surface area contributed by atoms with E-state index >= 15 is 0 Å². The predicted molar refractivity (Wildman–Crippen MR) is 77.8 cm³/mol. The minimum atomic E-state index is -0.732. The number of phenolic OH excluding ortho intramolecular Hbond substituents is 2. The Hall–Kier alpha value is -3.42. The quantitative estimate of drug-likeness (QED) is 0.376. The molecule has 0 bridgehead atoms. The molecule has 3 rings (SSSR count). The summed E-state index contributed by atoms with van der Waals surface area (Å²) in [6.45, 7) is 0. The summed E-state index contributed by atoms with van der Waals surface area (Å²) >= 11 is 0. The zero-order valence-corrected chi connectivity index (χ0v) is 11.0. The van der Waals surface area contributed by atoms with Gasteiger partial charge in [0.1, 0.15) is 5.82 Å². The molecule has 8 heteroatoms. The Morgan fingerprint density at radius 1 is 1.14 bits per heavy atom. The molecular formula is C14H9N3O5. The van der Waals surface area contributed by atoms with Crippen LogP contribution in [0, 0.1) is 10.1 Å². The van der Waals surface area contributed by atoms with Crippen LogP contribution in [0.15, 0.2) is 41.2 Å². The average Bonchev–Trinajstić information content (AvgIpc) is 2.49. The molecule has 0 amide bonds. The summed E-state index contributed by atoms with van der Waals surface area (Å²) in [5.41, 5.74) is -0.664. The van der Waals surface area contributed by atoms with E-state index in [9.17, 15) is 25.1 Å². The number of aromatic amines is 1. The lowest BCUT2D eigenvalue weighted by Crippen LogP contribution is -2.10. The molecule has 3 aromatic rings. The van der Waals surface area contributed by atoms with Crippen LogP contribution in [0.4, 0.5) is 5.69 Å². The SMILES string of the molecule is O=c1[nH]c(-c2cc(O)c(O)cc2[N+](=O)[O-])nc2ccccc12. The van der Waals surface area contributed by atoms with Crippen LogP contribution in [0.5, 0.6) is 11.5 Å². The summed E-state index contributed by atoms with van der Waals surface area (Å²) in [6, 6.07) is 8.32. The highest BCUT2D eigenvalue weighted by Crippen LogP contribution is 2.37. The number of benzene rings is 2.